The Hall–Kier alpha value is -2.25. The van der Waals surface area contributed by atoms with Crippen LogP contribution >= 0.6 is 11.6 Å². The van der Waals surface area contributed by atoms with Gasteiger partial charge in [0, 0.05) is 11.6 Å². The van der Waals surface area contributed by atoms with Crippen molar-refractivity contribution in [3.63, 3.8) is 0 Å². The van der Waals surface area contributed by atoms with E-state index in [-0.39, 0.29) is 12.5 Å². The Labute approximate surface area is 171 Å². The molecule has 0 fully saturated rings. The van der Waals surface area contributed by atoms with Crippen molar-refractivity contribution in [1.29, 1.82) is 0 Å². The van der Waals surface area contributed by atoms with Crippen molar-refractivity contribution < 1.29 is 17.9 Å². The van der Waals surface area contributed by atoms with Crippen molar-refractivity contribution in [3.05, 3.63) is 59.1 Å². The molecule has 0 radical (unpaired) electrons. The van der Waals surface area contributed by atoms with Crippen molar-refractivity contribution in [2.45, 2.75) is 19.8 Å². The van der Waals surface area contributed by atoms with Gasteiger partial charge in [-0.25, -0.2) is 8.42 Å². The largest absolute Gasteiger partial charge is 0.494 e. The minimum atomic E-state index is -3.62. The molecule has 0 saturated carbocycles. The normalized spacial score (nSPS) is 11.1. The molecular weight excluding hydrogens is 400 g/mol. The first kappa shape index (κ1) is 22.0. The summed E-state index contributed by atoms with van der Waals surface area (Å²) in [5, 5.41) is 3.17. The Morgan fingerprint density at radius 1 is 1.18 bits per heavy atom. The highest BCUT2D eigenvalue weighted by Gasteiger charge is 2.20. The maximum absolute atomic E-state index is 12.3. The molecule has 0 atom stereocenters. The van der Waals surface area contributed by atoms with E-state index in [1.165, 1.54) is 6.07 Å². The molecule has 1 amide bonds. The highest BCUT2D eigenvalue weighted by molar-refractivity contribution is 7.92. The van der Waals surface area contributed by atoms with Gasteiger partial charge in [-0.15, -0.1) is 0 Å². The van der Waals surface area contributed by atoms with Gasteiger partial charge in [-0.2, -0.15) is 0 Å². The fourth-order valence-corrected chi connectivity index (χ4v) is 3.76. The molecule has 2 rings (SSSR count). The smallest absolute Gasteiger partial charge is 0.240 e. The van der Waals surface area contributed by atoms with E-state index in [1.54, 1.807) is 18.2 Å². The van der Waals surface area contributed by atoms with Crippen LogP contribution in [-0.4, -0.2) is 40.3 Å². The molecular formula is C20H25ClN2O4S. The number of rotatable bonds is 10. The van der Waals surface area contributed by atoms with E-state index in [0.717, 1.165) is 28.3 Å². The lowest BCUT2D eigenvalue weighted by Gasteiger charge is -2.22. The second-order valence-corrected chi connectivity index (χ2v) is 8.59. The lowest BCUT2D eigenvalue weighted by atomic mass is 10.1. The molecule has 152 valence electrons. The number of benzene rings is 2. The van der Waals surface area contributed by atoms with Gasteiger partial charge in [0.15, 0.2) is 0 Å². The van der Waals surface area contributed by atoms with E-state index in [9.17, 15) is 13.2 Å². The van der Waals surface area contributed by atoms with E-state index in [0.29, 0.717) is 30.3 Å². The first-order chi connectivity index (χ1) is 13.3. The van der Waals surface area contributed by atoms with Gasteiger partial charge < -0.3 is 10.1 Å². The average Bonchev–Trinajstić information content (AvgIpc) is 2.64. The van der Waals surface area contributed by atoms with Crippen LogP contribution in [0.25, 0.3) is 0 Å². The lowest BCUT2D eigenvalue weighted by molar-refractivity contribution is -0.119. The zero-order valence-electron chi connectivity index (χ0n) is 16.0. The summed E-state index contributed by atoms with van der Waals surface area (Å²) in [6.45, 7) is 2.67. The molecule has 28 heavy (non-hydrogen) atoms. The Morgan fingerprint density at radius 2 is 1.93 bits per heavy atom. The second kappa shape index (κ2) is 10.3. The zero-order valence-corrected chi connectivity index (χ0v) is 17.6. The number of ether oxygens (including phenoxy) is 1. The van der Waals surface area contributed by atoms with Gasteiger partial charge in [-0.1, -0.05) is 35.9 Å². The Bertz CT molecular complexity index is 903. The number of nitrogens with zero attached hydrogens (tertiary/aromatic N) is 1. The molecule has 2 aromatic rings. The van der Waals surface area contributed by atoms with Crippen LogP contribution in [0, 0.1) is 0 Å². The molecule has 0 unspecified atom stereocenters. The maximum atomic E-state index is 12.3. The van der Waals surface area contributed by atoms with Crippen LogP contribution in [0.3, 0.4) is 0 Å². The average molecular weight is 425 g/mol. The molecule has 1 N–H and O–H groups in total. The number of sulfonamides is 1. The molecule has 6 nitrogen and oxygen atoms in total. The van der Waals surface area contributed by atoms with Crippen LogP contribution in [0.2, 0.25) is 5.02 Å². The Balaban J connectivity index is 1.90. The summed E-state index contributed by atoms with van der Waals surface area (Å²) < 4.78 is 30.8. The minimum Gasteiger partial charge on any atom is -0.494 e. The summed E-state index contributed by atoms with van der Waals surface area (Å²) in [5.74, 6) is 0.476. The number of carbonyl (C=O) groups is 1. The third-order valence-corrected chi connectivity index (χ3v) is 5.38. The molecule has 0 aliphatic rings. The zero-order chi connectivity index (χ0) is 20.6. The number of hydrogen-bond donors (Lipinski definition) is 1. The minimum absolute atomic E-state index is 0.297. The van der Waals surface area contributed by atoms with Gasteiger partial charge >= 0.3 is 0 Å². The van der Waals surface area contributed by atoms with Gasteiger partial charge in [0.25, 0.3) is 0 Å². The Kier molecular flexibility index (Phi) is 8.14. The van der Waals surface area contributed by atoms with E-state index in [4.69, 9.17) is 16.3 Å². The summed E-state index contributed by atoms with van der Waals surface area (Å²) in [5.41, 5.74) is 1.44. The fourth-order valence-electron chi connectivity index (χ4n) is 2.73. The van der Waals surface area contributed by atoms with Crippen molar-refractivity contribution in [3.8, 4) is 5.75 Å². The van der Waals surface area contributed by atoms with Crippen LogP contribution in [0.4, 0.5) is 5.69 Å². The van der Waals surface area contributed by atoms with Crippen molar-refractivity contribution >= 4 is 33.2 Å². The predicted octanol–water partition coefficient (Wildman–Crippen LogP) is 3.25. The lowest BCUT2D eigenvalue weighted by Crippen LogP contribution is -2.40. The number of aryl methyl sites for hydroxylation is 1. The number of nitrogens with one attached hydrogen (secondary N) is 1. The molecule has 0 bridgehead atoms. The first-order valence-corrected chi connectivity index (χ1v) is 11.2. The third kappa shape index (κ3) is 6.73. The highest BCUT2D eigenvalue weighted by atomic mass is 35.5. The Morgan fingerprint density at radius 3 is 2.61 bits per heavy atom. The molecule has 0 spiro atoms. The van der Waals surface area contributed by atoms with E-state index < -0.39 is 10.0 Å². The highest BCUT2D eigenvalue weighted by Crippen LogP contribution is 2.22. The number of carbonyl (C=O) groups excluding carboxylic acids is 1. The van der Waals surface area contributed by atoms with Gasteiger partial charge in [0.05, 0.1) is 18.6 Å². The molecule has 0 aliphatic heterocycles. The molecule has 8 heteroatoms. The monoisotopic (exact) mass is 424 g/mol. The number of halogens is 1. The number of amides is 1. The molecule has 0 aromatic heterocycles. The van der Waals surface area contributed by atoms with Crippen molar-refractivity contribution in [2.24, 2.45) is 0 Å². The maximum Gasteiger partial charge on any atom is 0.240 e. The summed E-state index contributed by atoms with van der Waals surface area (Å²) in [6, 6.07) is 14.2. The number of para-hydroxylation sites is 1. The summed E-state index contributed by atoms with van der Waals surface area (Å²) in [6.07, 6.45) is 2.53. The van der Waals surface area contributed by atoms with Crippen molar-refractivity contribution in [1.82, 2.24) is 5.32 Å². The van der Waals surface area contributed by atoms with Gasteiger partial charge in [0.1, 0.15) is 12.3 Å². The quantitative estimate of drug-likeness (QED) is 0.594. The van der Waals surface area contributed by atoms with Crippen LogP contribution in [0.1, 0.15) is 18.9 Å². The van der Waals surface area contributed by atoms with Gasteiger partial charge in [0.2, 0.25) is 15.9 Å². The van der Waals surface area contributed by atoms with Crippen LogP contribution in [0.5, 0.6) is 5.75 Å². The number of hydrogen-bond acceptors (Lipinski definition) is 4. The second-order valence-electron chi connectivity index (χ2n) is 6.24. The van der Waals surface area contributed by atoms with Gasteiger partial charge in [-0.05, 0) is 49.6 Å². The summed E-state index contributed by atoms with van der Waals surface area (Å²) in [7, 11) is -3.62. The molecule has 2 aromatic carbocycles. The SMILES string of the molecule is CCOc1ccccc1CCCNC(=O)CN(c1cccc(Cl)c1)S(C)(=O)=O. The fraction of sp³-hybridized carbons (Fsp3) is 0.350. The van der Waals surface area contributed by atoms with Gasteiger partial charge in [-0.3, -0.25) is 9.10 Å². The molecule has 0 heterocycles. The van der Waals surface area contributed by atoms with E-state index in [1.807, 2.05) is 31.2 Å². The summed E-state index contributed by atoms with van der Waals surface area (Å²) >= 11 is 5.94. The molecule has 0 saturated heterocycles. The number of anilines is 1. The van der Waals surface area contributed by atoms with E-state index in [2.05, 4.69) is 5.32 Å². The van der Waals surface area contributed by atoms with Crippen LogP contribution in [-0.2, 0) is 21.2 Å². The first-order valence-electron chi connectivity index (χ1n) is 9.02. The third-order valence-electron chi connectivity index (χ3n) is 4.00. The standard InChI is InChI=1S/C20H25ClN2O4S/c1-3-27-19-12-5-4-8-16(19)9-7-13-22-20(24)15-23(28(2,25)26)18-11-6-10-17(21)14-18/h4-6,8,10-12,14H,3,7,9,13,15H2,1-2H3,(H,22,24). The predicted molar refractivity (Wildman–Crippen MR) is 113 cm³/mol. The van der Waals surface area contributed by atoms with Crippen LogP contribution < -0.4 is 14.4 Å². The van der Waals surface area contributed by atoms with Crippen LogP contribution in [0.15, 0.2) is 48.5 Å². The van der Waals surface area contributed by atoms with Crippen molar-refractivity contribution in [2.75, 3.05) is 30.3 Å². The topological polar surface area (TPSA) is 75.7 Å². The van der Waals surface area contributed by atoms with E-state index >= 15 is 0 Å². The summed E-state index contributed by atoms with van der Waals surface area (Å²) in [4.78, 5) is 12.3. The molecule has 0 aliphatic carbocycles.